The monoisotopic (exact) mass is 459 g/mol. The van der Waals surface area contributed by atoms with Gasteiger partial charge in [0.05, 0.1) is 13.7 Å². The Kier molecular flexibility index (Phi) is 7.22. The molecule has 3 N–H and O–H groups in total. The number of nitrogens with one attached hydrogen (secondary N) is 2. The van der Waals surface area contributed by atoms with E-state index in [1.54, 1.807) is 30.2 Å². The Balaban J connectivity index is 1.56. The van der Waals surface area contributed by atoms with Gasteiger partial charge < -0.3 is 29.8 Å². The van der Waals surface area contributed by atoms with Crippen LogP contribution in [-0.2, 0) is 13.0 Å². The van der Waals surface area contributed by atoms with Gasteiger partial charge in [0.15, 0.2) is 11.5 Å². The first kappa shape index (κ1) is 23.0. The van der Waals surface area contributed by atoms with Crippen molar-refractivity contribution in [1.29, 1.82) is 0 Å². The fourth-order valence-electron chi connectivity index (χ4n) is 3.87. The summed E-state index contributed by atoms with van der Waals surface area (Å²) in [5.41, 5.74) is 3.73. The second-order valence-corrected chi connectivity index (χ2v) is 7.93. The van der Waals surface area contributed by atoms with Crippen molar-refractivity contribution in [1.82, 2.24) is 9.88 Å². The van der Waals surface area contributed by atoms with E-state index in [2.05, 4.69) is 10.3 Å². The Morgan fingerprint density at radius 1 is 1.09 bits per heavy atom. The Labute approximate surface area is 198 Å². The second-order valence-electron chi connectivity index (χ2n) is 7.93. The molecule has 1 heterocycles. The van der Waals surface area contributed by atoms with Gasteiger partial charge in [-0.2, -0.15) is 0 Å². The lowest BCUT2D eigenvalue weighted by molar-refractivity contribution is 0.209. The van der Waals surface area contributed by atoms with E-state index >= 15 is 0 Å². The lowest BCUT2D eigenvalue weighted by Crippen LogP contribution is -2.36. The van der Waals surface area contributed by atoms with Crippen LogP contribution in [0, 0.1) is 0 Å². The molecule has 0 bridgehead atoms. The third kappa shape index (κ3) is 5.43. The van der Waals surface area contributed by atoms with Crippen molar-refractivity contribution in [2.24, 2.45) is 0 Å². The van der Waals surface area contributed by atoms with Gasteiger partial charge in [-0.15, -0.1) is 0 Å². The lowest BCUT2D eigenvalue weighted by atomic mass is 10.1. The molecule has 0 atom stereocenters. The standard InChI is InChI=1S/C27H29N3O4/c1-3-34-26-15-19(9-12-25(26)31)18-30(27(32)29-21-7-5-4-6-8-21)14-13-20-17-28-24-11-10-22(33-2)16-23(20)24/h4-12,15-17,28,31H,3,13-14,18H2,1-2H3,(H,29,32). The molecule has 0 unspecified atom stereocenters. The molecule has 0 saturated carbocycles. The molecule has 4 rings (SSSR count). The minimum absolute atomic E-state index is 0.0821. The van der Waals surface area contributed by atoms with E-state index in [0.29, 0.717) is 31.9 Å². The average Bonchev–Trinajstić information content (AvgIpc) is 3.26. The first-order chi connectivity index (χ1) is 16.6. The number of phenols is 1. The van der Waals surface area contributed by atoms with E-state index in [0.717, 1.165) is 33.5 Å². The fourth-order valence-corrected chi connectivity index (χ4v) is 3.87. The minimum atomic E-state index is -0.199. The number of H-pyrrole nitrogens is 1. The van der Waals surface area contributed by atoms with Crippen molar-refractivity contribution >= 4 is 22.6 Å². The number of fused-ring (bicyclic) bond motifs is 1. The van der Waals surface area contributed by atoms with Crippen molar-refractivity contribution in [3.63, 3.8) is 0 Å². The molecule has 0 aliphatic heterocycles. The van der Waals surface area contributed by atoms with Crippen LogP contribution in [0.1, 0.15) is 18.1 Å². The molecule has 0 aliphatic carbocycles. The fraction of sp³-hybridized carbons (Fsp3) is 0.222. The summed E-state index contributed by atoms with van der Waals surface area (Å²) in [6, 6.07) is 20.3. The molecule has 3 aromatic carbocycles. The lowest BCUT2D eigenvalue weighted by Gasteiger charge is -2.24. The highest BCUT2D eigenvalue weighted by Gasteiger charge is 2.17. The molecule has 0 fully saturated rings. The van der Waals surface area contributed by atoms with Crippen molar-refractivity contribution < 1.29 is 19.4 Å². The average molecular weight is 460 g/mol. The number of aromatic hydroxyl groups is 1. The molecular formula is C27H29N3O4. The number of benzene rings is 3. The second kappa shape index (κ2) is 10.7. The highest BCUT2D eigenvalue weighted by Crippen LogP contribution is 2.28. The Hall–Kier alpha value is -4.13. The maximum atomic E-state index is 13.2. The van der Waals surface area contributed by atoms with E-state index < -0.39 is 0 Å². The minimum Gasteiger partial charge on any atom is -0.504 e. The SMILES string of the molecule is CCOc1cc(CN(CCc2c[nH]c3ccc(OC)cc23)C(=O)Nc2ccccc2)ccc1O. The van der Waals surface area contributed by atoms with Crippen molar-refractivity contribution in [2.45, 2.75) is 19.9 Å². The predicted octanol–water partition coefficient (Wildman–Crippen LogP) is 5.56. The summed E-state index contributed by atoms with van der Waals surface area (Å²) in [5.74, 6) is 1.28. The van der Waals surface area contributed by atoms with Gasteiger partial charge in [-0.25, -0.2) is 4.79 Å². The van der Waals surface area contributed by atoms with Crippen molar-refractivity contribution in [2.75, 3.05) is 25.6 Å². The summed E-state index contributed by atoms with van der Waals surface area (Å²) in [6.45, 7) is 3.17. The summed E-state index contributed by atoms with van der Waals surface area (Å²) < 4.78 is 10.9. The van der Waals surface area contributed by atoms with Crippen molar-refractivity contribution in [3.05, 3.63) is 84.1 Å². The van der Waals surface area contributed by atoms with Crippen LogP contribution >= 0.6 is 0 Å². The number of aromatic amines is 1. The van der Waals surface area contributed by atoms with Gasteiger partial charge in [-0.1, -0.05) is 24.3 Å². The number of aromatic nitrogens is 1. The number of urea groups is 1. The number of methoxy groups -OCH3 is 1. The van der Waals surface area contributed by atoms with Gasteiger partial charge >= 0.3 is 6.03 Å². The quantitative estimate of drug-likeness (QED) is 0.306. The zero-order valence-corrected chi connectivity index (χ0v) is 19.4. The zero-order chi connectivity index (χ0) is 23.9. The third-order valence-electron chi connectivity index (χ3n) is 5.64. The maximum Gasteiger partial charge on any atom is 0.322 e. The van der Waals surface area contributed by atoms with Gasteiger partial charge in [0, 0.05) is 35.9 Å². The number of carbonyl (C=O) groups is 1. The molecule has 0 saturated heterocycles. The van der Waals surface area contributed by atoms with E-state index in [1.807, 2.05) is 61.7 Å². The number of hydrogen-bond donors (Lipinski definition) is 3. The Morgan fingerprint density at radius 2 is 1.91 bits per heavy atom. The van der Waals surface area contributed by atoms with Crippen molar-refractivity contribution in [3.8, 4) is 17.2 Å². The number of para-hydroxylation sites is 1. The van der Waals surface area contributed by atoms with E-state index in [-0.39, 0.29) is 11.8 Å². The molecule has 1 aromatic heterocycles. The number of nitrogens with zero attached hydrogens (tertiary/aromatic N) is 1. The first-order valence-corrected chi connectivity index (χ1v) is 11.3. The molecule has 7 heteroatoms. The molecular weight excluding hydrogens is 430 g/mol. The van der Waals surface area contributed by atoms with Crippen LogP contribution in [0.15, 0.2) is 72.9 Å². The largest absolute Gasteiger partial charge is 0.504 e. The highest BCUT2D eigenvalue weighted by molar-refractivity contribution is 5.89. The Morgan fingerprint density at radius 3 is 2.68 bits per heavy atom. The number of phenolic OH excluding ortho intramolecular Hbond substituents is 1. The summed E-state index contributed by atoms with van der Waals surface area (Å²) in [5, 5.41) is 14.1. The summed E-state index contributed by atoms with van der Waals surface area (Å²) >= 11 is 0. The van der Waals surface area contributed by atoms with E-state index in [4.69, 9.17) is 9.47 Å². The molecule has 0 radical (unpaired) electrons. The normalized spacial score (nSPS) is 10.8. The molecule has 176 valence electrons. The van der Waals surface area contributed by atoms with Gasteiger partial charge in [0.1, 0.15) is 5.75 Å². The van der Waals surface area contributed by atoms with Gasteiger partial charge in [0.2, 0.25) is 0 Å². The smallest absolute Gasteiger partial charge is 0.322 e. The Bertz CT molecular complexity index is 1250. The highest BCUT2D eigenvalue weighted by atomic mass is 16.5. The van der Waals surface area contributed by atoms with E-state index in [9.17, 15) is 9.90 Å². The van der Waals surface area contributed by atoms with Crippen LogP contribution in [0.25, 0.3) is 10.9 Å². The van der Waals surface area contributed by atoms with Crippen LogP contribution in [0.3, 0.4) is 0 Å². The number of ether oxygens (including phenoxy) is 2. The number of amides is 2. The van der Waals surface area contributed by atoms with Gasteiger partial charge in [0.25, 0.3) is 0 Å². The number of hydrogen-bond acceptors (Lipinski definition) is 4. The molecule has 2 amide bonds. The predicted molar refractivity (Wildman–Crippen MR) is 134 cm³/mol. The summed E-state index contributed by atoms with van der Waals surface area (Å²) in [7, 11) is 1.65. The number of rotatable bonds is 9. The maximum absolute atomic E-state index is 13.2. The van der Waals surface area contributed by atoms with Gasteiger partial charge in [-0.05, 0) is 66.9 Å². The van der Waals surface area contributed by atoms with Crippen LogP contribution in [0.2, 0.25) is 0 Å². The van der Waals surface area contributed by atoms with Crippen LogP contribution in [0.5, 0.6) is 17.2 Å². The summed E-state index contributed by atoms with van der Waals surface area (Å²) in [6.07, 6.45) is 2.64. The number of anilines is 1. The molecule has 7 nitrogen and oxygen atoms in total. The first-order valence-electron chi connectivity index (χ1n) is 11.3. The number of carbonyl (C=O) groups excluding carboxylic acids is 1. The van der Waals surface area contributed by atoms with Crippen LogP contribution in [0.4, 0.5) is 10.5 Å². The van der Waals surface area contributed by atoms with E-state index in [1.165, 1.54) is 0 Å². The topological polar surface area (TPSA) is 86.8 Å². The van der Waals surface area contributed by atoms with Crippen LogP contribution in [-0.4, -0.2) is 41.3 Å². The molecule has 0 spiro atoms. The molecule has 34 heavy (non-hydrogen) atoms. The van der Waals surface area contributed by atoms with Gasteiger partial charge in [-0.3, -0.25) is 0 Å². The van der Waals surface area contributed by atoms with Crippen LogP contribution < -0.4 is 14.8 Å². The third-order valence-corrected chi connectivity index (χ3v) is 5.64. The zero-order valence-electron chi connectivity index (χ0n) is 19.4. The molecule has 0 aliphatic rings. The molecule has 4 aromatic rings. The summed E-state index contributed by atoms with van der Waals surface area (Å²) in [4.78, 5) is 18.3.